The normalized spacial score (nSPS) is 17.8. The van der Waals surface area contributed by atoms with E-state index in [-0.39, 0.29) is 11.9 Å². The maximum absolute atomic E-state index is 12.7. The van der Waals surface area contributed by atoms with Crippen LogP contribution >= 0.6 is 0 Å². The van der Waals surface area contributed by atoms with E-state index in [2.05, 4.69) is 33.2 Å². The summed E-state index contributed by atoms with van der Waals surface area (Å²) in [6.07, 6.45) is 3.58. The average Bonchev–Trinajstić information content (AvgIpc) is 2.66. The van der Waals surface area contributed by atoms with Crippen molar-refractivity contribution in [2.75, 3.05) is 29.9 Å². The van der Waals surface area contributed by atoms with Crippen molar-refractivity contribution in [3.63, 3.8) is 0 Å². The minimum Gasteiger partial charge on any atom is -0.355 e. The largest absolute Gasteiger partial charge is 0.355 e. The molecular weight excluding hydrogens is 328 g/mol. The Bertz CT molecular complexity index is 814. The molecule has 0 bridgehead atoms. The Hall–Kier alpha value is -2.98. The van der Waals surface area contributed by atoms with Gasteiger partial charge in [-0.15, -0.1) is 0 Å². The van der Waals surface area contributed by atoms with Crippen LogP contribution in [0.3, 0.4) is 0 Å². The molecule has 7 nitrogen and oxygen atoms in total. The number of nitriles is 1. The summed E-state index contributed by atoms with van der Waals surface area (Å²) in [5, 5.41) is 12.4. The second kappa shape index (κ2) is 7.93. The van der Waals surface area contributed by atoms with Gasteiger partial charge in [-0.1, -0.05) is 12.1 Å². The van der Waals surface area contributed by atoms with Gasteiger partial charge in [0.25, 0.3) is 0 Å². The van der Waals surface area contributed by atoms with Crippen molar-refractivity contribution < 1.29 is 4.79 Å². The van der Waals surface area contributed by atoms with Gasteiger partial charge < -0.3 is 10.2 Å². The van der Waals surface area contributed by atoms with E-state index in [9.17, 15) is 10.1 Å². The number of aromatic nitrogens is 2. The predicted molar refractivity (Wildman–Crippen MR) is 99.6 cm³/mol. The highest BCUT2D eigenvalue weighted by Crippen LogP contribution is 2.24. The molecular formula is C19H22N6O. The van der Waals surface area contributed by atoms with Crippen LogP contribution in [0.2, 0.25) is 0 Å². The SMILES string of the molecule is CCNc1ncc(CN2CC(=O)N(c3ccccc3C#N)CC2C)cn1. The Labute approximate surface area is 153 Å². The van der Waals surface area contributed by atoms with Crippen LogP contribution in [-0.2, 0) is 11.3 Å². The van der Waals surface area contributed by atoms with E-state index in [0.29, 0.717) is 36.8 Å². The zero-order valence-electron chi connectivity index (χ0n) is 15.0. The van der Waals surface area contributed by atoms with E-state index in [1.807, 2.05) is 25.1 Å². The molecule has 3 rings (SSSR count). The fraction of sp³-hybridized carbons (Fsp3) is 0.368. The van der Waals surface area contributed by atoms with Crippen LogP contribution in [0.5, 0.6) is 0 Å². The summed E-state index contributed by atoms with van der Waals surface area (Å²) in [5.74, 6) is 0.606. The summed E-state index contributed by atoms with van der Waals surface area (Å²) in [7, 11) is 0. The number of hydrogen-bond acceptors (Lipinski definition) is 6. The number of hydrogen-bond donors (Lipinski definition) is 1. The monoisotopic (exact) mass is 350 g/mol. The first-order chi connectivity index (χ1) is 12.6. The van der Waals surface area contributed by atoms with Gasteiger partial charge in [0, 0.05) is 43.6 Å². The number of carbonyl (C=O) groups is 1. The number of nitrogens with one attached hydrogen (secondary N) is 1. The van der Waals surface area contributed by atoms with Gasteiger partial charge in [-0.3, -0.25) is 9.69 Å². The van der Waals surface area contributed by atoms with Gasteiger partial charge in [-0.2, -0.15) is 5.26 Å². The van der Waals surface area contributed by atoms with E-state index in [1.54, 1.807) is 23.4 Å². The molecule has 1 fully saturated rings. The van der Waals surface area contributed by atoms with Gasteiger partial charge in [0.05, 0.1) is 17.8 Å². The molecule has 1 N–H and O–H groups in total. The van der Waals surface area contributed by atoms with Crippen LogP contribution in [0.15, 0.2) is 36.7 Å². The molecule has 0 saturated carbocycles. The molecule has 1 aromatic heterocycles. The molecule has 2 heterocycles. The Morgan fingerprint density at radius 2 is 2.04 bits per heavy atom. The number of benzene rings is 1. The molecule has 26 heavy (non-hydrogen) atoms. The smallest absolute Gasteiger partial charge is 0.241 e. The van der Waals surface area contributed by atoms with Crippen molar-refractivity contribution in [1.82, 2.24) is 14.9 Å². The van der Waals surface area contributed by atoms with Crippen molar-refractivity contribution in [1.29, 1.82) is 5.26 Å². The summed E-state index contributed by atoms with van der Waals surface area (Å²) in [6.45, 7) is 6.32. The van der Waals surface area contributed by atoms with E-state index in [0.717, 1.165) is 12.1 Å². The van der Waals surface area contributed by atoms with Gasteiger partial charge in [-0.25, -0.2) is 9.97 Å². The van der Waals surface area contributed by atoms with Gasteiger partial charge in [0.1, 0.15) is 6.07 Å². The van der Waals surface area contributed by atoms with Crippen LogP contribution in [0.1, 0.15) is 25.0 Å². The summed E-state index contributed by atoms with van der Waals surface area (Å²) in [4.78, 5) is 25.1. The summed E-state index contributed by atoms with van der Waals surface area (Å²) in [6, 6.07) is 9.55. The fourth-order valence-corrected chi connectivity index (χ4v) is 3.06. The first-order valence-corrected chi connectivity index (χ1v) is 8.70. The molecule has 1 saturated heterocycles. The Morgan fingerprint density at radius 1 is 1.31 bits per heavy atom. The van der Waals surface area contributed by atoms with Gasteiger partial charge in [0.2, 0.25) is 11.9 Å². The molecule has 2 aromatic rings. The summed E-state index contributed by atoms with van der Waals surface area (Å²) < 4.78 is 0. The fourth-order valence-electron chi connectivity index (χ4n) is 3.06. The third-order valence-electron chi connectivity index (χ3n) is 4.45. The predicted octanol–water partition coefficient (Wildman–Crippen LogP) is 2.02. The average molecular weight is 350 g/mol. The highest BCUT2D eigenvalue weighted by molar-refractivity contribution is 5.96. The Kier molecular flexibility index (Phi) is 5.44. The van der Waals surface area contributed by atoms with Crippen molar-refractivity contribution in [3.8, 4) is 6.07 Å². The number of rotatable bonds is 5. The number of piperazine rings is 1. The first kappa shape index (κ1) is 17.8. The molecule has 1 aliphatic heterocycles. The second-order valence-electron chi connectivity index (χ2n) is 6.33. The maximum atomic E-state index is 12.7. The minimum atomic E-state index is -0.00371. The number of carbonyl (C=O) groups excluding carboxylic acids is 1. The lowest BCUT2D eigenvalue weighted by molar-refractivity contribution is -0.122. The molecule has 134 valence electrons. The standard InChI is InChI=1S/C19H22N6O/c1-3-21-19-22-9-15(10-23-19)12-24-13-18(26)25(11-14(24)2)17-7-5-4-6-16(17)8-20/h4-7,9-10,14H,3,11-13H2,1-2H3,(H,21,22,23). The van der Waals surface area contributed by atoms with Crippen molar-refractivity contribution in [2.45, 2.75) is 26.4 Å². The molecule has 1 atom stereocenters. The molecule has 1 aliphatic rings. The van der Waals surface area contributed by atoms with Crippen molar-refractivity contribution in [2.24, 2.45) is 0 Å². The van der Waals surface area contributed by atoms with E-state index >= 15 is 0 Å². The van der Waals surface area contributed by atoms with E-state index in [1.165, 1.54) is 0 Å². The first-order valence-electron chi connectivity index (χ1n) is 8.70. The number of para-hydroxylation sites is 1. The molecule has 0 radical (unpaired) electrons. The molecule has 7 heteroatoms. The van der Waals surface area contributed by atoms with Gasteiger partial charge in [0.15, 0.2) is 0 Å². The van der Waals surface area contributed by atoms with E-state index in [4.69, 9.17) is 0 Å². The van der Waals surface area contributed by atoms with E-state index < -0.39 is 0 Å². The lowest BCUT2D eigenvalue weighted by Gasteiger charge is -2.39. The third kappa shape index (κ3) is 3.81. The molecule has 0 aliphatic carbocycles. The van der Waals surface area contributed by atoms with Crippen LogP contribution in [-0.4, -0.2) is 46.5 Å². The van der Waals surface area contributed by atoms with Gasteiger partial charge in [-0.05, 0) is 26.0 Å². The number of nitrogens with zero attached hydrogens (tertiary/aromatic N) is 5. The Balaban J connectivity index is 1.70. The molecule has 1 unspecified atom stereocenters. The molecule has 0 spiro atoms. The van der Waals surface area contributed by atoms with Crippen LogP contribution in [0.4, 0.5) is 11.6 Å². The molecule has 1 amide bonds. The quantitative estimate of drug-likeness (QED) is 0.888. The van der Waals surface area contributed by atoms with Crippen molar-refractivity contribution in [3.05, 3.63) is 47.8 Å². The topological polar surface area (TPSA) is 85.2 Å². The highest BCUT2D eigenvalue weighted by atomic mass is 16.2. The van der Waals surface area contributed by atoms with Crippen LogP contribution in [0, 0.1) is 11.3 Å². The lowest BCUT2D eigenvalue weighted by atomic mass is 10.1. The highest BCUT2D eigenvalue weighted by Gasteiger charge is 2.31. The van der Waals surface area contributed by atoms with Crippen molar-refractivity contribution >= 4 is 17.5 Å². The maximum Gasteiger partial charge on any atom is 0.241 e. The van der Waals surface area contributed by atoms with Crippen LogP contribution in [0.25, 0.3) is 0 Å². The van der Waals surface area contributed by atoms with Gasteiger partial charge >= 0.3 is 0 Å². The number of amides is 1. The summed E-state index contributed by atoms with van der Waals surface area (Å²) >= 11 is 0. The number of anilines is 2. The zero-order valence-corrected chi connectivity index (χ0v) is 15.0. The minimum absolute atomic E-state index is 0.00371. The lowest BCUT2D eigenvalue weighted by Crippen LogP contribution is -2.55. The second-order valence-corrected chi connectivity index (χ2v) is 6.33. The third-order valence-corrected chi connectivity index (χ3v) is 4.45. The molecule has 1 aromatic carbocycles. The van der Waals surface area contributed by atoms with Crippen LogP contribution < -0.4 is 10.2 Å². The summed E-state index contributed by atoms with van der Waals surface area (Å²) in [5.41, 5.74) is 2.18. The zero-order chi connectivity index (χ0) is 18.5. The Morgan fingerprint density at radius 3 is 2.73 bits per heavy atom.